The van der Waals surface area contributed by atoms with Crippen molar-refractivity contribution in [3.05, 3.63) is 76.3 Å². The van der Waals surface area contributed by atoms with Crippen molar-refractivity contribution >= 4 is 35.1 Å². The second-order valence-corrected chi connectivity index (χ2v) is 7.12. The summed E-state index contributed by atoms with van der Waals surface area (Å²) in [6.45, 7) is 0. The zero-order chi connectivity index (χ0) is 24.2. The molecule has 1 amide bonds. The highest BCUT2D eigenvalue weighted by atomic mass is 35.5. The van der Waals surface area contributed by atoms with Gasteiger partial charge in [0.2, 0.25) is 0 Å². The van der Waals surface area contributed by atoms with Crippen LogP contribution < -0.4 is 15.5 Å². The van der Waals surface area contributed by atoms with Crippen LogP contribution in [0, 0.1) is 0 Å². The van der Waals surface area contributed by atoms with Crippen LogP contribution in [-0.4, -0.2) is 29.4 Å². The molecule has 3 aromatic carbocycles. The van der Waals surface area contributed by atoms with Gasteiger partial charge in [-0.2, -0.15) is 18.3 Å². The number of ether oxygens (including phenoxy) is 1. The summed E-state index contributed by atoms with van der Waals surface area (Å²) in [7, 11) is 1.35. The summed E-state index contributed by atoms with van der Waals surface area (Å²) >= 11 is 5.78. The van der Waals surface area contributed by atoms with E-state index in [2.05, 4.69) is 15.8 Å². The maximum absolute atomic E-state index is 13.0. The molecule has 0 bridgehead atoms. The maximum atomic E-state index is 13.0. The Bertz CT molecular complexity index is 1220. The number of rotatable bonds is 6. The monoisotopic (exact) mass is 480 g/mol. The van der Waals surface area contributed by atoms with Crippen molar-refractivity contribution in [2.45, 2.75) is 6.18 Å². The van der Waals surface area contributed by atoms with Gasteiger partial charge < -0.3 is 20.3 Å². The minimum absolute atomic E-state index is 0.0130. The van der Waals surface area contributed by atoms with Crippen LogP contribution in [-0.2, 0) is 6.18 Å². The molecule has 5 N–H and O–H groups in total. The molecule has 3 rings (SSSR count). The molecule has 172 valence electrons. The average Bonchev–Trinajstić information content (AvgIpc) is 2.76. The Balaban J connectivity index is 1.77. The first-order valence-corrected chi connectivity index (χ1v) is 9.66. The number of nitrogens with one attached hydrogen (secondary N) is 2. The first kappa shape index (κ1) is 23.7. The molecule has 0 saturated carbocycles. The van der Waals surface area contributed by atoms with Crippen molar-refractivity contribution in [1.82, 2.24) is 5.43 Å². The van der Waals surface area contributed by atoms with Crippen molar-refractivity contribution in [1.29, 1.82) is 0 Å². The van der Waals surface area contributed by atoms with Crippen molar-refractivity contribution in [3.8, 4) is 17.2 Å². The minimum atomic E-state index is -4.50. The molecule has 7 nitrogen and oxygen atoms in total. The average molecular weight is 481 g/mol. The summed E-state index contributed by atoms with van der Waals surface area (Å²) in [6.07, 6.45) is -3.23. The maximum Gasteiger partial charge on any atom is 0.416 e. The molecular formula is C22H18ClF3N3O4+. The first-order chi connectivity index (χ1) is 15.6. The van der Waals surface area contributed by atoms with Gasteiger partial charge in [-0.1, -0.05) is 17.7 Å². The zero-order valence-electron chi connectivity index (χ0n) is 17.0. The summed E-state index contributed by atoms with van der Waals surface area (Å²) < 4.78 is 44.1. The van der Waals surface area contributed by atoms with Gasteiger partial charge in [-0.3, -0.25) is 4.79 Å². The van der Waals surface area contributed by atoms with E-state index in [-0.39, 0.29) is 39.2 Å². The van der Waals surface area contributed by atoms with Crippen LogP contribution in [0.5, 0.6) is 17.2 Å². The van der Waals surface area contributed by atoms with Crippen LogP contribution in [0.4, 0.5) is 24.5 Å². The fourth-order valence-electron chi connectivity index (χ4n) is 2.80. The van der Waals surface area contributed by atoms with Gasteiger partial charge >= 0.3 is 6.18 Å². The Morgan fingerprint density at radius 1 is 1.18 bits per heavy atom. The largest absolute Gasteiger partial charge is 0.592 e. The summed E-state index contributed by atoms with van der Waals surface area (Å²) in [5, 5.41) is 24.3. The lowest BCUT2D eigenvalue weighted by Gasteiger charge is -2.13. The predicted octanol–water partition coefficient (Wildman–Crippen LogP) is 5.02. The molecule has 0 radical (unpaired) electrons. The third kappa shape index (κ3) is 5.86. The smallest absolute Gasteiger partial charge is 0.416 e. The molecule has 0 aliphatic heterocycles. The van der Waals surface area contributed by atoms with E-state index in [9.17, 15) is 23.1 Å². The third-order valence-electron chi connectivity index (χ3n) is 4.39. The fourth-order valence-corrected chi connectivity index (χ4v) is 2.98. The topological polar surface area (TPSA) is 106 Å². The lowest BCUT2D eigenvalue weighted by molar-refractivity contribution is -0.137. The van der Waals surface area contributed by atoms with E-state index in [1.807, 2.05) is 0 Å². The number of hydrogen-bond acceptors (Lipinski definition) is 5. The molecule has 0 heterocycles. The Morgan fingerprint density at radius 2 is 1.94 bits per heavy atom. The predicted molar refractivity (Wildman–Crippen MR) is 119 cm³/mol. The van der Waals surface area contributed by atoms with Crippen molar-refractivity contribution in [2.24, 2.45) is 5.10 Å². The number of carbonyl (C=O) groups is 1. The molecule has 0 unspecified atom stereocenters. The van der Waals surface area contributed by atoms with Crippen LogP contribution in [0.15, 0.2) is 59.7 Å². The normalized spacial score (nSPS) is 11.4. The van der Waals surface area contributed by atoms with E-state index in [1.54, 1.807) is 0 Å². The minimum Gasteiger partial charge on any atom is -0.592 e. The van der Waals surface area contributed by atoms with Crippen LogP contribution in [0.1, 0.15) is 21.5 Å². The Morgan fingerprint density at radius 3 is 2.61 bits per heavy atom. The number of amides is 1. The summed E-state index contributed by atoms with van der Waals surface area (Å²) in [5.74, 6) is -0.609. The van der Waals surface area contributed by atoms with Crippen LogP contribution in [0.2, 0.25) is 5.02 Å². The van der Waals surface area contributed by atoms with E-state index in [1.165, 1.54) is 55.8 Å². The molecule has 0 aliphatic carbocycles. The number of phenolic OH excluding ortho intramolecular Hbond substituents is 1. The van der Waals surface area contributed by atoms with E-state index in [0.29, 0.717) is 5.56 Å². The fraction of sp³-hybridized carbons (Fsp3) is 0.0909. The molecule has 11 heteroatoms. The number of carbonyl (C=O) groups excluding carboxylic acids is 1. The lowest BCUT2D eigenvalue weighted by Crippen LogP contribution is -2.17. The second kappa shape index (κ2) is 9.70. The van der Waals surface area contributed by atoms with Gasteiger partial charge in [0.25, 0.3) is 11.7 Å². The summed E-state index contributed by atoms with van der Waals surface area (Å²) in [5.41, 5.74) is 2.34. The van der Waals surface area contributed by atoms with Gasteiger partial charge in [0.15, 0.2) is 11.4 Å². The number of phenols is 1. The van der Waals surface area contributed by atoms with Gasteiger partial charge in [0.1, 0.15) is 5.75 Å². The quantitative estimate of drug-likeness (QED) is 0.262. The number of aromatic hydroxyl groups is 1. The molecule has 0 atom stereocenters. The van der Waals surface area contributed by atoms with Crippen molar-refractivity contribution in [3.63, 3.8) is 0 Å². The number of benzene rings is 3. The van der Waals surface area contributed by atoms with E-state index in [4.69, 9.17) is 21.4 Å². The molecule has 0 spiro atoms. The highest BCUT2D eigenvalue weighted by Gasteiger charge is 2.30. The van der Waals surface area contributed by atoms with Crippen molar-refractivity contribution in [2.75, 3.05) is 12.4 Å². The molecule has 33 heavy (non-hydrogen) atoms. The molecular weight excluding hydrogens is 463 g/mol. The second-order valence-electron chi connectivity index (χ2n) is 6.71. The number of methoxy groups -OCH3 is 1. The van der Waals surface area contributed by atoms with Crippen molar-refractivity contribution < 1.29 is 32.9 Å². The van der Waals surface area contributed by atoms with E-state index >= 15 is 0 Å². The van der Waals surface area contributed by atoms with Crippen LogP contribution >= 0.6 is 11.6 Å². The standard InChI is InChI=1S/C22H17ClF3N3O4/c1-33-19-8-12(11-27-29-21(32)13-5-6-17(30)16(23)9-13)7-18(31)20(19)28-15-4-2-3-14(10-15)22(24,25)26/h2-11,28,30-31H,1H3,(H,29,32)/p+1/b27-11+. The summed E-state index contributed by atoms with van der Waals surface area (Å²) in [4.78, 5) is 12.1. The molecule has 0 fully saturated rings. The van der Waals surface area contributed by atoms with E-state index < -0.39 is 17.6 Å². The summed E-state index contributed by atoms with van der Waals surface area (Å²) in [6, 6.07) is 11.4. The van der Waals surface area contributed by atoms with Crippen LogP contribution in [0.25, 0.3) is 0 Å². The number of hydrazone groups is 1. The molecule has 3 aromatic rings. The van der Waals surface area contributed by atoms with Gasteiger partial charge in [-0.05, 0) is 42.5 Å². The number of halogens is 4. The van der Waals surface area contributed by atoms with Crippen LogP contribution in [0.3, 0.4) is 0 Å². The highest BCUT2D eigenvalue weighted by molar-refractivity contribution is 6.32. The van der Waals surface area contributed by atoms with Gasteiger partial charge in [0, 0.05) is 22.9 Å². The molecule has 0 aliphatic rings. The highest BCUT2D eigenvalue weighted by Crippen LogP contribution is 2.38. The Kier molecular flexibility index (Phi) is 6.98. The number of anilines is 2. The van der Waals surface area contributed by atoms with Gasteiger partial charge in [-0.25, -0.2) is 5.43 Å². The van der Waals surface area contributed by atoms with Gasteiger partial charge in [-0.15, -0.1) is 0 Å². The lowest BCUT2D eigenvalue weighted by atomic mass is 10.1. The van der Waals surface area contributed by atoms with E-state index in [0.717, 1.165) is 12.1 Å². The third-order valence-corrected chi connectivity index (χ3v) is 4.70. The van der Waals surface area contributed by atoms with Gasteiger partial charge in [0.05, 0.1) is 23.9 Å². The number of hydrogen-bond donors (Lipinski definition) is 3. The molecule has 0 saturated heterocycles. The number of alkyl halides is 3. The SMILES string of the molecule is COc1cc(/C=N/NC(=O)c2ccc(O)c(Cl)c2)cc([OH2+])c1Nc1cccc(C(F)(F)F)c1. The Hall–Kier alpha value is -3.92. The first-order valence-electron chi connectivity index (χ1n) is 9.28. The zero-order valence-corrected chi connectivity index (χ0v) is 17.8. The number of nitrogens with zero attached hydrogens (tertiary/aromatic N) is 1. The molecule has 0 aromatic heterocycles. The Labute approximate surface area is 191 Å².